The number of hydrogen-bond donors (Lipinski definition) is 2. The molecule has 132 valence electrons. The van der Waals surface area contributed by atoms with Gasteiger partial charge in [-0.25, -0.2) is 0 Å². The van der Waals surface area contributed by atoms with Gasteiger partial charge in [-0.2, -0.15) is 0 Å². The first-order chi connectivity index (χ1) is 12.1. The van der Waals surface area contributed by atoms with Crippen LogP contribution in [-0.2, 0) is 0 Å². The molecule has 0 aliphatic heterocycles. The van der Waals surface area contributed by atoms with Crippen molar-refractivity contribution < 1.29 is 9.72 Å². The molecular formula is C16H19N5O3S. The topological polar surface area (TPSA) is 110 Å². The summed E-state index contributed by atoms with van der Waals surface area (Å²) < 4.78 is 0. The highest BCUT2D eigenvalue weighted by Gasteiger charge is 2.16. The molecule has 3 rings (SSSR count). The van der Waals surface area contributed by atoms with Crippen molar-refractivity contribution in [2.75, 3.05) is 10.6 Å². The minimum atomic E-state index is -0.531. The lowest BCUT2D eigenvalue weighted by Gasteiger charge is -2.14. The number of aromatic nitrogens is 2. The normalized spacial score (nSPS) is 15.4. The summed E-state index contributed by atoms with van der Waals surface area (Å²) in [6, 6.07) is 5.98. The number of carbonyl (C=O) groups is 1. The lowest BCUT2D eigenvalue weighted by Crippen LogP contribution is -2.17. The van der Waals surface area contributed by atoms with Gasteiger partial charge in [0.1, 0.15) is 0 Å². The number of nitrogens with one attached hydrogen (secondary N) is 2. The number of nitro benzene ring substituents is 1. The van der Waals surface area contributed by atoms with Crippen molar-refractivity contribution >= 4 is 33.2 Å². The number of carbonyl (C=O) groups excluding carboxylic acids is 1. The quantitative estimate of drug-likeness (QED) is 0.476. The fourth-order valence-electron chi connectivity index (χ4n) is 2.86. The predicted molar refractivity (Wildman–Crippen MR) is 96.1 cm³/mol. The monoisotopic (exact) mass is 361 g/mol. The van der Waals surface area contributed by atoms with E-state index >= 15 is 0 Å². The third kappa shape index (κ3) is 4.72. The van der Waals surface area contributed by atoms with Crippen LogP contribution in [0.5, 0.6) is 0 Å². The van der Waals surface area contributed by atoms with Gasteiger partial charge in [-0.05, 0) is 18.9 Å². The average Bonchev–Trinajstić information content (AvgIpc) is 2.88. The van der Waals surface area contributed by atoms with E-state index < -0.39 is 10.8 Å². The highest BCUT2D eigenvalue weighted by molar-refractivity contribution is 7.19. The lowest BCUT2D eigenvalue weighted by atomic mass is 10.1. The summed E-state index contributed by atoms with van der Waals surface area (Å²) in [7, 11) is 0. The molecular weight excluding hydrogens is 342 g/mol. The first kappa shape index (κ1) is 17.3. The maximum absolute atomic E-state index is 12.2. The summed E-state index contributed by atoms with van der Waals surface area (Å²) in [5, 5.41) is 25.9. The van der Waals surface area contributed by atoms with Crippen LogP contribution < -0.4 is 10.6 Å². The Bertz CT molecular complexity index is 756. The summed E-state index contributed by atoms with van der Waals surface area (Å²) in [5.74, 6) is -0.444. The van der Waals surface area contributed by atoms with Crippen molar-refractivity contribution in [1.29, 1.82) is 0 Å². The van der Waals surface area contributed by atoms with Crippen molar-refractivity contribution in [2.45, 2.75) is 44.6 Å². The van der Waals surface area contributed by atoms with E-state index in [1.807, 2.05) is 0 Å². The summed E-state index contributed by atoms with van der Waals surface area (Å²) in [6.45, 7) is 0. The Hall–Kier alpha value is -2.55. The third-order valence-electron chi connectivity index (χ3n) is 4.15. The number of anilines is 2. The highest BCUT2D eigenvalue weighted by atomic mass is 32.1. The van der Waals surface area contributed by atoms with Gasteiger partial charge >= 0.3 is 0 Å². The molecule has 0 atom stereocenters. The number of benzene rings is 1. The van der Waals surface area contributed by atoms with E-state index in [4.69, 9.17) is 0 Å². The van der Waals surface area contributed by atoms with E-state index in [2.05, 4.69) is 20.8 Å². The Morgan fingerprint density at radius 1 is 1.16 bits per heavy atom. The Morgan fingerprint density at radius 3 is 2.60 bits per heavy atom. The second-order valence-corrected chi connectivity index (χ2v) is 6.98. The van der Waals surface area contributed by atoms with E-state index in [0.29, 0.717) is 16.3 Å². The zero-order valence-electron chi connectivity index (χ0n) is 13.6. The fraction of sp³-hybridized carbons (Fsp3) is 0.438. The molecule has 0 spiro atoms. The number of hydrogen-bond acceptors (Lipinski definition) is 7. The van der Waals surface area contributed by atoms with Crippen LogP contribution in [-0.4, -0.2) is 27.1 Å². The number of nitro groups is 1. The maximum Gasteiger partial charge on any atom is 0.270 e. The molecule has 0 unspecified atom stereocenters. The van der Waals surface area contributed by atoms with E-state index in [-0.39, 0.29) is 11.3 Å². The molecule has 0 radical (unpaired) electrons. The van der Waals surface area contributed by atoms with Crippen molar-refractivity contribution in [3.8, 4) is 0 Å². The van der Waals surface area contributed by atoms with Crippen LogP contribution in [0.3, 0.4) is 0 Å². The summed E-state index contributed by atoms with van der Waals surface area (Å²) in [4.78, 5) is 22.5. The molecule has 2 aromatic rings. The molecule has 9 heteroatoms. The van der Waals surface area contributed by atoms with Crippen LogP contribution in [0.1, 0.15) is 48.9 Å². The second-order valence-electron chi connectivity index (χ2n) is 6.01. The molecule has 1 aromatic carbocycles. The Labute approximate surface area is 148 Å². The smallest absolute Gasteiger partial charge is 0.270 e. The van der Waals surface area contributed by atoms with Gasteiger partial charge in [-0.3, -0.25) is 20.2 Å². The summed E-state index contributed by atoms with van der Waals surface area (Å²) in [5.41, 5.74) is 0.0864. The number of non-ortho nitro benzene ring substituents is 1. The molecule has 2 N–H and O–H groups in total. The molecule has 8 nitrogen and oxygen atoms in total. The second kappa shape index (κ2) is 8.02. The number of rotatable bonds is 5. The Kier molecular flexibility index (Phi) is 5.54. The van der Waals surface area contributed by atoms with Gasteiger partial charge in [0.25, 0.3) is 11.6 Å². The van der Waals surface area contributed by atoms with Gasteiger partial charge in [0.15, 0.2) is 0 Å². The van der Waals surface area contributed by atoms with Crippen molar-refractivity contribution in [1.82, 2.24) is 10.2 Å². The zero-order valence-corrected chi connectivity index (χ0v) is 14.4. The van der Waals surface area contributed by atoms with Gasteiger partial charge in [0, 0.05) is 23.7 Å². The van der Waals surface area contributed by atoms with Crippen LogP contribution in [0.4, 0.5) is 16.0 Å². The van der Waals surface area contributed by atoms with Gasteiger partial charge in [-0.1, -0.05) is 43.1 Å². The zero-order chi connectivity index (χ0) is 17.6. The number of nitrogens with zero attached hydrogens (tertiary/aromatic N) is 3. The van der Waals surface area contributed by atoms with Crippen molar-refractivity contribution in [2.24, 2.45) is 0 Å². The maximum atomic E-state index is 12.2. The van der Waals surface area contributed by atoms with E-state index in [1.54, 1.807) is 0 Å². The van der Waals surface area contributed by atoms with Gasteiger partial charge in [0.05, 0.1) is 4.92 Å². The Morgan fingerprint density at radius 2 is 1.88 bits per heavy atom. The van der Waals surface area contributed by atoms with Gasteiger partial charge in [0.2, 0.25) is 10.3 Å². The number of amides is 1. The standard InChI is InChI=1S/C16H19N5O3S/c22-14(11-6-5-9-13(10-11)21(23)24)18-16-20-19-15(25-16)17-12-7-3-1-2-4-8-12/h5-6,9-10,12H,1-4,7-8H2,(H,17,19)(H,18,20,22). The van der Waals surface area contributed by atoms with Crippen LogP contribution in [0.2, 0.25) is 0 Å². The average molecular weight is 361 g/mol. The van der Waals surface area contributed by atoms with Crippen LogP contribution >= 0.6 is 11.3 Å². The predicted octanol–water partition coefficient (Wildman–Crippen LogP) is 3.83. The first-order valence-electron chi connectivity index (χ1n) is 8.27. The molecule has 1 amide bonds. The molecule has 0 bridgehead atoms. The van der Waals surface area contributed by atoms with Gasteiger partial charge < -0.3 is 5.32 Å². The SMILES string of the molecule is O=C(Nc1nnc(NC2CCCCCC2)s1)c1cccc([N+](=O)[O-])c1. The molecule has 0 saturated heterocycles. The van der Waals surface area contributed by atoms with Crippen LogP contribution in [0.25, 0.3) is 0 Å². The summed E-state index contributed by atoms with van der Waals surface area (Å²) in [6.07, 6.45) is 7.22. The van der Waals surface area contributed by atoms with Gasteiger partial charge in [-0.15, -0.1) is 10.2 Å². The van der Waals surface area contributed by atoms with E-state index in [0.717, 1.165) is 12.8 Å². The molecule has 1 heterocycles. The highest BCUT2D eigenvalue weighted by Crippen LogP contribution is 2.25. The molecule has 1 saturated carbocycles. The van der Waals surface area contributed by atoms with Crippen molar-refractivity contribution in [3.63, 3.8) is 0 Å². The lowest BCUT2D eigenvalue weighted by molar-refractivity contribution is -0.384. The minimum Gasteiger partial charge on any atom is -0.357 e. The molecule has 1 aliphatic rings. The summed E-state index contributed by atoms with van der Waals surface area (Å²) >= 11 is 1.27. The minimum absolute atomic E-state index is 0.124. The van der Waals surface area contributed by atoms with E-state index in [9.17, 15) is 14.9 Å². The third-order valence-corrected chi connectivity index (χ3v) is 4.92. The first-order valence-corrected chi connectivity index (χ1v) is 9.09. The van der Waals surface area contributed by atoms with Crippen molar-refractivity contribution in [3.05, 3.63) is 39.9 Å². The molecule has 1 fully saturated rings. The van der Waals surface area contributed by atoms with Crippen LogP contribution in [0, 0.1) is 10.1 Å². The molecule has 1 aromatic heterocycles. The van der Waals surface area contributed by atoms with Crippen LogP contribution in [0.15, 0.2) is 24.3 Å². The molecule has 25 heavy (non-hydrogen) atoms. The molecule has 1 aliphatic carbocycles. The largest absolute Gasteiger partial charge is 0.357 e. The van der Waals surface area contributed by atoms with E-state index in [1.165, 1.54) is 61.3 Å². The Balaban J connectivity index is 1.61. The fourth-order valence-corrected chi connectivity index (χ4v) is 3.58.